The lowest BCUT2D eigenvalue weighted by molar-refractivity contribution is -0.126. The fourth-order valence-corrected chi connectivity index (χ4v) is 4.56. The molecule has 2 fully saturated rings. The lowest BCUT2D eigenvalue weighted by Crippen LogP contribution is -2.38. The van der Waals surface area contributed by atoms with Crippen molar-refractivity contribution in [2.75, 3.05) is 13.1 Å². The smallest absolute Gasteiger partial charge is 0.273 e. The van der Waals surface area contributed by atoms with Gasteiger partial charge in [-0.3, -0.25) is 9.59 Å². The van der Waals surface area contributed by atoms with Crippen molar-refractivity contribution in [1.82, 2.24) is 15.2 Å². The minimum absolute atomic E-state index is 0.0124. The van der Waals surface area contributed by atoms with Gasteiger partial charge in [0.15, 0.2) is 0 Å². The van der Waals surface area contributed by atoms with Gasteiger partial charge in [-0.15, -0.1) is 11.3 Å². The quantitative estimate of drug-likeness (QED) is 0.774. The van der Waals surface area contributed by atoms with Gasteiger partial charge in [-0.05, 0) is 43.6 Å². The van der Waals surface area contributed by atoms with Crippen LogP contribution in [0.4, 0.5) is 0 Å². The van der Waals surface area contributed by atoms with Crippen LogP contribution in [0.3, 0.4) is 0 Å². The van der Waals surface area contributed by atoms with Crippen LogP contribution in [0.5, 0.6) is 0 Å². The maximum Gasteiger partial charge on any atom is 0.273 e. The third kappa shape index (κ3) is 4.69. The molecule has 1 atom stereocenters. The Morgan fingerprint density at radius 1 is 1.24 bits per heavy atom. The van der Waals surface area contributed by atoms with Gasteiger partial charge < -0.3 is 10.2 Å². The van der Waals surface area contributed by atoms with E-state index in [-0.39, 0.29) is 23.3 Å². The summed E-state index contributed by atoms with van der Waals surface area (Å²) in [5, 5.41) is 5.86. The van der Waals surface area contributed by atoms with Gasteiger partial charge in [0.25, 0.3) is 5.91 Å². The number of carbonyl (C=O) groups excluding carboxylic acids is 2. The van der Waals surface area contributed by atoms with E-state index in [1.54, 1.807) is 0 Å². The molecule has 1 saturated heterocycles. The molecule has 4 rings (SSSR count). The second-order valence-corrected chi connectivity index (χ2v) is 9.71. The summed E-state index contributed by atoms with van der Waals surface area (Å²) in [5.74, 6) is 0.782. The van der Waals surface area contributed by atoms with Crippen molar-refractivity contribution in [3.63, 3.8) is 0 Å². The summed E-state index contributed by atoms with van der Waals surface area (Å²) < 4.78 is 0. The molecule has 0 unspecified atom stereocenters. The summed E-state index contributed by atoms with van der Waals surface area (Å²) in [6, 6.07) is 9.91. The largest absolute Gasteiger partial charge is 0.346 e. The summed E-state index contributed by atoms with van der Waals surface area (Å²) >= 11 is 1.47. The lowest BCUT2D eigenvalue weighted by Gasteiger charge is -2.29. The zero-order valence-corrected chi connectivity index (χ0v) is 18.0. The summed E-state index contributed by atoms with van der Waals surface area (Å²) in [6.07, 6.45) is 4.64. The number of rotatable bonds is 6. The third-order valence-electron chi connectivity index (χ3n) is 6.25. The number of piperidine rings is 1. The molecule has 0 bridgehead atoms. The Labute approximate surface area is 176 Å². The zero-order chi connectivity index (χ0) is 20.4. The SMILES string of the molecule is CC1CCN(C(=O)c2csc([C@@H](Cc3ccccc3)NC(=O)C3(C)CC3)n2)CC1. The van der Waals surface area contributed by atoms with Crippen molar-refractivity contribution < 1.29 is 9.59 Å². The van der Waals surface area contributed by atoms with Crippen molar-refractivity contribution in [2.24, 2.45) is 11.3 Å². The van der Waals surface area contributed by atoms with Crippen molar-refractivity contribution >= 4 is 23.2 Å². The number of amides is 2. The molecule has 1 aromatic carbocycles. The van der Waals surface area contributed by atoms with Crippen LogP contribution in [0.25, 0.3) is 0 Å². The highest BCUT2D eigenvalue weighted by Crippen LogP contribution is 2.45. The number of hydrogen-bond donors (Lipinski definition) is 1. The van der Waals surface area contributed by atoms with E-state index in [1.165, 1.54) is 11.3 Å². The number of nitrogens with zero attached hydrogens (tertiary/aromatic N) is 2. The first-order valence-corrected chi connectivity index (χ1v) is 11.4. The Morgan fingerprint density at radius 3 is 2.59 bits per heavy atom. The van der Waals surface area contributed by atoms with Gasteiger partial charge in [0.2, 0.25) is 5.91 Å². The van der Waals surface area contributed by atoms with Crippen LogP contribution in [-0.4, -0.2) is 34.8 Å². The number of hydrogen-bond acceptors (Lipinski definition) is 4. The molecule has 2 aliphatic rings. The predicted molar refractivity (Wildman–Crippen MR) is 115 cm³/mol. The molecular weight excluding hydrogens is 382 g/mol. The van der Waals surface area contributed by atoms with E-state index < -0.39 is 0 Å². The van der Waals surface area contributed by atoms with Gasteiger partial charge in [-0.1, -0.05) is 44.2 Å². The fourth-order valence-electron chi connectivity index (χ4n) is 3.72. The van der Waals surface area contributed by atoms with Gasteiger partial charge in [-0.25, -0.2) is 4.98 Å². The lowest BCUT2D eigenvalue weighted by atomic mass is 9.99. The normalized spacial score (nSPS) is 19.6. The van der Waals surface area contributed by atoms with Crippen molar-refractivity contribution in [2.45, 2.75) is 52.0 Å². The summed E-state index contributed by atoms with van der Waals surface area (Å²) in [6.45, 7) is 5.85. The molecule has 0 radical (unpaired) electrons. The molecule has 2 aromatic rings. The standard InChI is InChI=1S/C23H29N3O2S/c1-16-8-12-26(13-9-16)21(27)19-15-29-20(24-19)18(14-17-6-4-3-5-7-17)25-22(28)23(2)10-11-23/h3-7,15-16,18H,8-14H2,1-2H3,(H,25,28)/t18-/m1/s1. The average molecular weight is 412 g/mol. The minimum Gasteiger partial charge on any atom is -0.346 e. The summed E-state index contributed by atoms with van der Waals surface area (Å²) in [5.41, 5.74) is 1.41. The maximum absolute atomic E-state index is 12.9. The zero-order valence-electron chi connectivity index (χ0n) is 17.2. The van der Waals surface area contributed by atoms with Crippen LogP contribution in [0, 0.1) is 11.3 Å². The van der Waals surface area contributed by atoms with Crippen LogP contribution in [0.15, 0.2) is 35.7 Å². The van der Waals surface area contributed by atoms with E-state index in [4.69, 9.17) is 0 Å². The highest BCUT2D eigenvalue weighted by Gasteiger charge is 2.45. The molecule has 1 aliphatic heterocycles. The van der Waals surface area contributed by atoms with E-state index in [1.807, 2.05) is 35.4 Å². The van der Waals surface area contributed by atoms with Crippen LogP contribution in [-0.2, 0) is 11.2 Å². The van der Waals surface area contributed by atoms with E-state index in [0.717, 1.165) is 49.3 Å². The number of aromatic nitrogens is 1. The van der Waals surface area contributed by atoms with Gasteiger partial charge in [0, 0.05) is 23.9 Å². The number of thiazole rings is 1. The average Bonchev–Trinajstić information content (AvgIpc) is 3.29. The Bertz CT molecular complexity index is 867. The molecule has 2 amide bonds. The monoisotopic (exact) mass is 411 g/mol. The Hall–Kier alpha value is -2.21. The Balaban J connectivity index is 1.51. The van der Waals surface area contributed by atoms with Crippen molar-refractivity contribution in [1.29, 1.82) is 0 Å². The van der Waals surface area contributed by atoms with E-state index in [0.29, 0.717) is 18.0 Å². The number of nitrogens with one attached hydrogen (secondary N) is 1. The van der Waals surface area contributed by atoms with E-state index in [2.05, 4.69) is 29.4 Å². The molecule has 6 heteroatoms. The molecule has 154 valence electrons. The van der Waals surface area contributed by atoms with E-state index in [9.17, 15) is 9.59 Å². The van der Waals surface area contributed by atoms with Crippen molar-refractivity contribution in [3.05, 3.63) is 52.0 Å². The van der Waals surface area contributed by atoms with Crippen molar-refractivity contribution in [3.8, 4) is 0 Å². The molecule has 1 aliphatic carbocycles. The summed E-state index contributed by atoms with van der Waals surface area (Å²) in [7, 11) is 0. The molecule has 1 aromatic heterocycles. The first-order valence-electron chi connectivity index (χ1n) is 10.5. The van der Waals surface area contributed by atoms with Gasteiger partial charge in [0.1, 0.15) is 10.7 Å². The highest BCUT2D eigenvalue weighted by molar-refractivity contribution is 7.09. The Kier molecular flexibility index (Phi) is 5.72. The molecule has 1 N–H and O–H groups in total. The second kappa shape index (κ2) is 8.27. The number of carbonyl (C=O) groups is 2. The topological polar surface area (TPSA) is 62.3 Å². The highest BCUT2D eigenvalue weighted by atomic mass is 32.1. The second-order valence-electron chi connectivity index (χ2n) is 8.82. The summed E-state index contributed by atoms with van der Waals surface area (Å²) in [4.78, 5) is 32.2. The molecule has 0 spiro atoms. The molecule has 2 heterocycles. The maximum atomic E-state index is 12.9. The van der Waals surface area contributed by atoms with Crippen LogP contribution in [0.2, 0.25) is 0 Å². The molecule has 29 heavy (non-hydrogen) atoms. The van der Waals surface area contributed by atoms with Crippen LogP contribution in [0.1, 0.15) is 66.6 Å². The first kappa shape index (κ1) is 20.1. The molecule has 5 nitrogen and oxygen atoms in total. The third-order valence-corrected chi connectivity index (χ3v) is 7.20. The minimum atomic E-state index is -0.241. The first-order chi connectivity index (χ1) is 13.9. The molecule has 1 saturated carbocycles. The van der Waals surface area contributed by atoms with Crippen LogP contribution >= 0.6 is 11.3 Å². The fraction of sp³-hybridized carbons (Fsp3) is 0.522. The molecular formula is C23H29N3O2S. The van der Waals surface area contributed by atoms with Gasteiger partial charge in [0.05, 0.1) is 6.04 Å². The van der Waals surface area contributed by atoms with Gasteiger partial charge in [-0.2, -0.15) is 0 Å². The van der Waals surface area contributed by atoms with Gasteiger partial charge >= 0.3 is 0 Å². The Morgan fingerprint density at radius 2 is 1.93 bits per heavy atom. The predicted octanol–water partition coefficient (Wildman–Crippen LogP) is 4.22. The number of likely N-dealkylation sites (tertiary alicyclic amines) is 1. The van der Waals surface area contributed by atoms with Crippen LogP contribution < -0.4 is 5.32 Å². The number of benzene rings is 1. The van der Waals surface area contributed by atoms with E-state index >= 15 is 0 Å².